The maximum atomic E-state index is 6.06. The van der Waals surface area contributed by atoms with Gasteiger partial charge in [0.1, 0.15) is 0 Å². The predicted molar refractivity (Wildman–Crippen MR) is 94.7 cm³/mol. The zero-order chi connectivity index (χ0) is 16.2. The van der Waals surface area contributed by atoms with Crippen LogP contribution in [0.15, 0.2) is 30.5 Å². The van der Waals surface area contributed by atoms with Crippen molar-refractivity contribution in [1.29, 1.82) is 0 Å². The van der Waals surface area contributed by atoms with Crippen molar-refractivity contribution in [2.24, 2.45) is 5.92 Å². The maximum absolute atomic E-state index is 6.06. The molecule has 0 bridgehead atoms. The second-order valence-electron chi connectivity index (χ2n) is 6.67. The molecule has 2 aromatic rings. The van der Waals surface area contributed by atoms with Crippen LogP contribution >= 0.6 is 11.6 Å². The summed E-state index contributed by atoms with van der Waals surface area (Å²) in [5.41, 5.74) is 4.73. The molecule has 1 atom stereocenters. The van der Waals surface area contributed by atoms with E-state index < -0.39 is 0 Å². The Morgan fingerprint density at radius 1 is 1.22 bits per heavy atom. The van der Waals surface area contributed by atoms with Gasteiger partial charge in [-0.25, -0.2) is 0 Å². The number of rotatable bonds is 4. The fourth-order valence-electron chi connectivity index (χ4n) is 3.60. The van der Waals surface area contributed by atoms with Crippen molar-refractivity contribution in [2.45, 2.75) is 39.7 Å². The van der Waals surface area contributed by atoms with Crippen molar-refractivity contribution in [3.8, 4) is 0 Å². The van der Waals surface area contributed by atoms with Crippen molar-refractivity contribution in [1.82, 2.24) is 14.9 Å². The molecule has 0 aliphatic carbocycles. The monoisotopic (exact) mass is 329 g/mol. The topological polar surface area (TPSA) is 29.0 Å². The van der Waals surface area contributed by atoms with Crippen molar-refractivity contribution in [2.75, 3.05) is 13.1 Å². The van der Waals surface area contributed by atoms with Crippen molar-refractivity contribution < 1.29 is 0 Å². The largest absolute Gasteiger partial charge is 0.297 e. The first kappa shape index (κ1) is 16.4. The average Bonchev–Trinajstić information content (AvgIpc) is 2.46. The molecule has 0 radical (unpaired) electrons. The van der Waals surface area contributed by atoms with Gasteiger partial charge in [-0.05, 0) is 75.4 Å². The van der Waals surface area contributed by atoms with Gasteiger partial charge in [-0.15, -0.1) is 0 Å². The number of aromatic nitrogens is 2. The van der Waals surface area contributed by atoms with Crippen molar-refractivity contribution in [3.63, 3.8) is 0 Å². The van der Waals surface area contributed by atoms with Gasteiger partial charge in [-0.2, -0.15) is 0 Å². The first-order valence-corrected chi connectivity index (χ1v) is 8.73. The number of hydrogen-bond donors (Lipinski definition) is 0. The van der Waals surface area contributed by atoms with E-state index in [0.29, 0.717) is 5.92 Å². The number of halogens is 1. The second-order valence-corrected chi connectivity index (χ2v) is 7.11. The number of likely N-dealkylation sites (tertiary alicyclic amines) is 1. The van der Waals surface area contributed by atoms with Crippen LogP contribution in [0.2, 0.25) is 5.02 Å². The number of hydrogen-bond acceptors (Lipinski definition) is 3. The Morgan fingerprint density at radius 3 is 2.74 bits per heavy atom. The van der Waals surface area contributed by atoms with Gasteiger partial charge in [0, 0.05) is 35.7 Å². The highest BCUT2D eigenvalue weighted by molar-refractivity contribution is 6.30. The van der Waals surface area contributed by atoms with Gasteiger partial charge in [-0.3, -0.25) is 14.9 Å². The van der Waals surface area contributed by atoms with Gasteiger partial charge in [0.05, 0.1) is 5.69 Å². The van der Waals surface area contributed by atoms with E-state index in [0.717, 1.165) is 48.2 Å². The first-order chi connectivity index (χ1) is 11.1. The Hall–Kier alpha value is -1.45. The lowest BCUT2D eigenvalue weighted by atomic mass is 9.91. The summed E-state index contributed by atoms with van der Waals surface area (Å²) >= 11 is 6.06. The summed E-state index contributed by atoms with van der Waals surface area (Å²) in [6.45, 7) is 7.34. The Labute approximate surface area is 143 Å². The van der Waals surface area contributed by atoms with Crippen LogP contribution < -0.4 is 0 Å². The summed E-state index contributed by atoms with van der Waals surface area (Å²) in [6, 6.07) is 8.26. The highest BCUT2D eigenvalue weighted by atomic mass is 35.5. The summed E-state index contributed by atoms with van der Waals surface area (Å²) in [5.74, 6) is 0.712. The number of nitrogens with zero attached hydrogens (tertiary/aromatic N) is 3. The molecule has 0 spiro atoms. The second kappa shape index (κ2) is 7.41. The van der Waals surface area contributed by atoms with E-state index in [1.54, 1.807) is 6.20 Å². The van der Waals surface area contributed by atoms with Gasteiger partial charge < -0.3 is 0 Å². The van der Waals surface area contributed by atoms with Crippen LogP contribution in [0.3, 0.4) is 0 Å². The molecule has 23 heavy (non-hydrogen) atoms. The average molecular weight is 330 g/mol. The van der Waals surface area contributed by atoms with Crippen LogP contribution in [0.1, 0.15) is 35.5 Å². The third-order valence-corrected chi connectivity index (χ3v) is 4.67. The predicted octanol–water partition coefficient (Wildman–Crippen LogP) is 4.20. The summed E-state index contributed by atoms with van der Waals surface area (Å²) in [5, 5.41) is 0.770. The van der Waals surface area contributed by atoms with Crippen molar-refractivity contribution in [3.05, 3.63) is 58.1 Å². The van der Waals surface area contributed by atoms with E-state index in [-0.39, 0.29) is 0 Å². The van der Waals surface area contributed by atoms with Gasteiger partial charge in [-0.1, -0.05) is 11.6 Å². The molecule has 1 saturated heterocycles. The Kier molecular flexibility index (Phi) is 5.29. The zero-order valence-corrected chi connectivity index (χ0v) is 14.7. The first-order valence-electron chi connectivity index (χ1n) is 8.35. The van der Waals surface area contributed by atoms with E-state index >= 15 is 0 Å². The smallest absolute Gasteiger partial charge is 0.0558 e. The molecule has 1 aliphatic rings. The Balaban J connectivity index is 1.61. The summed E-state index contributed by atoms with van der Waals surface area (Å²) < 4.78 is 0. The number of piperidine rings is 1. The molecule has 0 amide bonds. The van der Waals surface area contributed by atoms with E-state index in [4.69, 9.17) is 11.6 Å². The molecule has 122 valence electrons. The number of aryl methyl sites for hydroxylation is 2. The quantitative estimate of drug-likeness (QED) is 0.841. The van der Waals surface area contributed by atoms with Gasteiger partial charge in [0.15, 0.2) is 0 Å². The third-order valence-electron chi connectivity index (χ3n) is 4.43. The van der Waals surface area contributed by atoms with Crippen LogP contribution in [0.25, 0.3) is 0 Å². The molecule has 1 fully saturated rings. The van der Waals surface area contributed by atoms with Gasteiger partial charge in [0.2, 0.25) is 0 Å². The fraction of sp³-hybridized carbons (Fsp3) is 0.474. The zero-order valence-electron chi connectivity index (χ0n) is 13.9. The minimum Gasteiger partial charge on any atom is -0.297 e. The van der Waals surface area contributed by atoms with Gasteiger partial charge in [0.25, 0.3) is 0 Å². The van der Waals surface area contributed by atoms with Crippen LogP contribution in [0.4, 0.5) is 0 Å². The molecule has 1 aliphatic heterocycles. The summed E-state index contributed by atoms with van der Waals surface area (Å²) in [6.07, 6.45) is 5.50. The molecule has 0 saturated carbocycles. The SMILES string of the molecule is Cc1cc(C[C@H]2CCCN(Cc3cc(Cl)ccn3)C2)cc(C)n1. The molecular weight excluding hydrogens is 306 g/mol. The van der Waals surface area contributed by atoms with E-state index in [2.05, 4.69) is 40.8 Å². The molecule has 3 nitrogen and oxygen atoms in total. The molecule has 0 N–H and O–H groups in total. The molecule has 4 heteroatoms. The Morgan fingerprint density at radius 2 is 2.00 bits per heavy atom. The normalized spacial score (nSPS) is 19.0. The molecule has 0 aromatic carbocycles. The lowest BCUT2D eigenvalue weighted by Gasteiger charge is -2.32. The molecular formula is C19H24ClN3. The van der Waals surface area contributed by atoms with Crippen LogP contribution in [0.5, 0.6) is 0 Å². The molecule has 3 heterocycles. The van der Waals surface area contributed by atoms with E-state index in [9.17, 15) is 0 Å². The van der Waals surface area contributed by atoms with E-state index in [1.165, 1.54) is 18.4 Å². The van der Waals surface area contributed by atoms with Crippen LogP contribution in [-0.4, -0.2) is 28.0 Å². The highest BCUT2D eigenvalue weighted by Crippen LogP contribution is 2.23. The maximum Gasteiger partial charge on any atom is 0.0558 e. The summed E-state index contributed by atoms with van der Waals surface area (Å²) in [7, 11) is 0. The molecule has 0 unspecified atom stereocenters. The van der Waals surface area contributed by atoms with Crippen LogP contribution in [-0.2, 0) is 13.0 Å². The third kappa shape index (κ3) is 4.76. The standard InChI is InChI=1S/C19H24ClN3/c1-14-8-17(9-15(2)22-14)10-16-4-3-7-23(12-16)13-19-11-18(20)5-6-21-19/h5-6,8-9,11,16H,3-4,7,10,12-13H2,1-2H3/t16-/m1/s1. The van der Waals surface area contributed by atoms with Crippen molar-refractivity contribution >= 4 is 11.6 Å². The lowest BCUT2D eigenvalue weighted by Crippen LogP contribution is -2.36. The minimum atomic E-state index is 0.712. The van der Waals surface area contributed by atoms with E-state index in [1.807, 2.05) is 12.1 Å². The van der Waals surface area contributed by atoms with Crippen LogP contribution in [0, 0.1) is 19.8 Å². The van der Waals surface area contributed by atoms with Gasteiger partial charge >= 0.3 is 0 Å². The number of pyridine rings is 2. The molecule has 3 rings (SSSR count). The lowest BCUT2D eigenvalue weighted by molar-refractivity contribution is 0.165. The highest BCUT2D eigenvalue weighted by Gasteiger charge is 2.20. The Bertz CT molecular complexity index is 651. The molecule has 2 aromatic heterocycles. The minimum absolute atomic E-state index is 0.712. The fourth-order valence-corrected chi connectivity index (χ4v) is 3.78. The summed E-state index contributed by atoms with van der Waals surface area (Å²) in [4.78, 5) is 11.4.